The van der Waals surface area contributed by atoms with E-state index in [2.05, 4.69) is 6.07 Å². The molecule has 3 heteroatoms. The number of carbonyl (C=O) groups is 1. The Morgan fingerprint density at radius 1 is 1.43 bits per heavy atom. The van der Waals surface area contributed by atoms with Gasteiger partial charge in [-0.3, -0.25) is 4.79 Å². The first-order valence-corrected chi connectivity index (χ1v) is 4.27. The van der Waals surface area contributed by atoms with Gasteiger partial charge in [-0.1, -0.05) is 18.2 Å². The van der Waals surface area contributed by atoms with Gasteiger partial charge >= 0.3 is 0 Å². The highest BCUT2D eigenvalue weighted by atomic mass is 16.1. The first-order chi connectivity index (χ1) is 6.86. The van der Waals surface area contributed by atoms with Gasteiger partial charge in [-0.25, -0.2) is 0 Å². The SMILES string of the molecule is N#CCn1cc(C=O)c2ccccc21. The molecule has 1 aromatic carbocycles. The molecule has 0 radical (unpaired) electrons. The third-order valence-corrected chi connectivity index (χ3v) is 2.19. The summed E-state index contributed by atoms with van der Waals surface area (Å²) in [5.41, 5.74) is 1.56. The Hall–Kier alpha value is -2.08. The predicted molar refractivity (Wildman–Crippen MR) is 52.9 cm³/mol. The lowest BCUT2D eigenvalue weighted by Crippen LogP contribution is -1.91. The Balaban J connectivity index is 2.74. The van der Waals surface area contributed by atoms with E-state index in [1.165, 1.54) is 0 Å². The Bertz CT molecular complexity index is 520. The van der Waals surface area contributed by atoms with Gasteiger partial charge in [0.15, 0.2) is 6.29 Å². The smallest absolute Gasteiger partial charge is 0.152 e. The molecule has 2 aromatic rings. The van der Waals surface area contributed by atoms with Crippen LogP contribution >= 0.6 is 0 Å². The topological polar surface area (TPSA) is 45.8 Å². The van der Waals surface area contributed by atoms with E-state index in [1.807, 2.05) is 24.3 Å². The number of hydrogen-bond donors (Lipinski definition) is 0. The fourth-order valence-electron chi connectivity index (χ4n) is 1.58. The van der Waals surface area contributed by atoms with Gasteiger partial charge in [-0.2, -0.15) is 5.26 Å². The van der Waals surface area contributed by atoms with Crippen molar-refractivity contribution in [1.82, 2.24) is 4.57 Å². The summed E-state index contributed by atoms with van der Waals surface area (Å²) in [4.78, 5) is 10.7. The van der Waals surface area contributed by atoms with E-state index in [4.69, 9.17) is 5.26 Å². The third kappa shape index (κ3) is 1.17. The van der Waals surface area contributed by atoms with Crippen LogP contribution in [0, 0.1) is 11.3 Å². The molecule has 0 amide bonds. The minimum absolute atomic E-state index is 0.272. The van der Waals surface area contributed by atoms with Crippen molar-refractivity contribution in [2.75, 3.05) is 0 Å². The lowest BCUT2D eigenvalue weighted by molar-refractivity contribution is 0.112. The second-order valence-electron chi connectivity index (χ2n) is 3.01. The summed E-state index contributed by atoms with van der Waals surface area (Å²) in [5, 5.41) is 9.50. The van der Waals surface area contributed by atoms with Crippen molar-refractivity contribution in [2.24, 2.45) is 0 Å². The lowest BCUT2D eigenvalue weighted by atomic mass is 10.2. The van der Waals surface area contributed by atoms with Crippen LogP contribution in [0.4, 0.5) is 0 Å². The molecule has 0 aliphatic carbocycles. The van der Waals surface area contributed by atoms with Crippen LogP contribution in [-0.4, -0.2) is 10.9 Å². The highest BCUT2D eigenvalue weighted by Gasteiger charge is 2.05. The molecule has 0 fully saturated rings. The highest BCUT2D eigenvalue weighted by molar-refractivity contribution is 5.97. The molecule has 14 heavy (non-hydrogen) atoms. The van der Waals surface area contributed by atoms with Gasteiger partial charge in [-0.05, 0) is 6.07 Å². The maximum Gasteiger partial charge on any atom is 0.152 e. The Morgan fingerprint density at radius 2 is 2.21 bits per heavy atom. The normalized spacial score (nSPS) is 9.93. The van der Waals surface area contributed by atoms with Gasteiger partial charge in [0.25, 0.3) is 0 Å². The molecule has 0 spiro atoms. The number of aromatic nitrogens is 1. The fourth-order valence-corrected chi connectivity index (χ4v) is 1.58. The lowest BCUT2D eigenvalue weighted by Gasteiger charge is -1.96. The third-order valence-electron chi connectivity index (χ3n) is 2.19. The number of nitrogens with zero attached hydrogens (tertiary/aromatic N) is 2. The second kappa shape index (κ2) is 3.35. The van der Waals surface area contributed by atoms with Crippen LogP contribution in [0.25, 0.3) is 10.9 Å². The van der Waals surface area contributed by atoms with E-state index in [-0.39, 0.29) is 6.54 Å². The van der Waals surface area contributed by atoms with E-state index >= 15 is 0 Å². The summed E-state index contributed by atoms with van der Waals surface area (Å²) in [6.45, 7) is 0.272. The number of benzene rings is 1. The monoisotopic (exact) mass is 184 g/mol. The largest absolute Gasteiger partial charge is 0.333 e. The molecule has 1 aromatic heterocycles. The number of para-hydroxylation sites is 1. The van der Waals surface area contributed by atoms with E-state index in [9.17, 15) is 4.79 Å². The zero-order valence-electron chi connectivity index (χ0n) is 7.47. The van der Waals surface area contributed by atoms with Crippen molar-refractivity contribution in [2.45, 2.75) is 6.54 Å². The van der Waals surface area contributed by atoms with Crippen LogP contribution in [0.5, 0.6) is 0 Å². The average Bonchev–Trinajstić information content (AvgIpc) is 2.58. The number of carbonyl (C=O) groups excluding carboxylic acids is 1. The molecule has 1 heterocycles. The summed E-state index contributed by atoms with van der Waals surface area (Å²) in [6, 6.07) is 9.62. The fraction of sp³-hybridized carbons (Fsp3) is 0.0909. The zero-order valence-corrected chi connectivity index (χ0v) is 7.47. The van der Waals surface area contributed by atoms with Gasteiger partial charge in [0, 0.05) is 22.7 Å². The molecule has 0 aliphatic heterocycles. The Morgan fingerprint density at radius 3 is 2.93 bits per heavy atom. The molecule has 0 N–H and O–H groups in total. The molecule has 2 rings (SSSR count). The predicted octanol–water partition coefficient (Wildman–Crippen LogP) is 1.98. The Labute approximate surface area is 81.2 Å². The minimum atomic E-state index is 0.272. The van der Waals surface area contributed by atoms with Crippen LogP contribution < -0.4 is 0 Å². The first kappa shape index (κ1) is 8.52. The van der Waals surface area contributed by atoms with E-state index in [0.29, 0.717) is 5.56 Å². The molecular formula is C11H8N2O. The van der Waals surface area contributed by atoms with E-state index in [0.717, 1.165) is 17.2 Å². The van der Waals surface area contributed by atoms with Crippen LogP contribution in [0.3, 0.4) is 0 Å². The minimum Gasteiger partial charge on any atom is -0.333 e. The number of rotatable bonds is 2. The first-order valence-electron chi connectivity index (χ1n) is 4.27. The molecule has 0 saturated carbocycles. The van der Waals surface area contributed by atoms with Gasteiger partial charge in [0.05, 0.1) is 6.07 Å². The molecule has 68 valence electrons. The second-order valence-corrected chi connectivity index (χ2v) is 3.01. The summed E-state index contributed by atoms with van der Waals surface area (Å²) in [5.74, 6) is 0. The molecular weight excluding hydrogens is 176 g/mol. The summed E-state index contributed by atoms with van der Waals surface area (Å²) < 4.78 is 1.78. The number of fused-ring (bicyclic) bond motifs is 1. The van der Waals surface area contributed by atoms with E-state index < -0.39 is 0 Å². The van der Waals surface area contributed by atoms with Crippen molar-refractivity contribution in [3.8, 4) is 6.07 Å². The molecule has 0 atom stereocenters. The standard InChI is InChI=1S/C11H8N2O/c12-5-6-13-7-9(8-14)10-3-1-2-4-11(10)13/h1-4,7-8H,6H2. The van der Waals surface area contributed by atoms with Crippen molar-refractivity contribution in [3.05, 3.63) is 36.0 Å². The zero-order chi connectivity index (χ0) is 9.97. The summed E-state index contributed by atoms with van der Waals surface area (Å²) in [6.07, 6.45) is 2.52. The van der Waals surface area contributed by atoms with E-state index in [1.54, 1.807) is 10.8 Å². The van der Waals surface area contributed by atoms with Gasteiger partial charge in [-0.15, -0.1) is 0 Å². The van der Waals surface area contributed by atoms with Crippen LogP contribution in [0.2, 0.25) is 0 Å². The van der Waals surface area contributed by atoms with Crippen molar-refractivity contribution >= 4 is 17.2 Å². The Kier molecular flexibility index (Phi) is 2.04. The van der Waals surface area contributed by atoms with Crippen molar-refractivity contribution < 1.29 is 4.79 Å². The molecule has 0 saturated heterocycles. The molecule has 3 nitrogen and oxygen atoms in total. The van der Waals surface area contributed by atoms with Gasteiger partial charge < -0.3 is 4.57 Å². The number of nitriles is 1. The summed E-state index contributed by atoms with van der Waals surface area (Å²) in [7, 11) is 0. The van der Waals surface area contributed by atoms with Crippen LogP contribution in [0.1, 0.15) is 10.4 Å². The molecule has 0 unspecified atom stereocenters. The van der Waals surface area contributed by atoms with Gasteiger partial charge in [0.2, 0.25) is 0 Å². The molecule has 0 aliphatic rings. The number of hydrogen-bond acceptors (Lipinski definition) is 2. The summed E-state index contributed by atoms with van der Waals surface area (Å²) >= 11 is 0. The van der Waals surface area contributed by atoms with Crippen molar-refractivity contribution in [3.63, 3.8) is 0 Å². The number of aldehydes is 1. The average molecular weight is 184 g/mol. The highest BCUT2D eigenvalue weighted by Crippen LogP contribution is 2.19. The maximum atomic E-state index is 10.7. The quantitative estimate of drug-likeness (QED) is 0.670. The van der Waals surface area contributed by atoms with Crippen LogP contribution in [-0.2, 0) is 6.54 Å². The van der Waals surface area contributed by atoms with Gasteiger partial charge in [0.1, 0.15) is 6.54 Å². The van der Waals surface area contributed by atoms with Crippen molar-refractivity contribution in [1.29, 1.82) is 5.26 Å². The maximum absolute atomic E-state index is 10.7. The van der Waals surface area contributed by atoms with Crippen LogP contribution in [0.15, 0.2) is 30.5 Å². The molecule has 0 bridgehead atoms.